The number of hydrogen-bond donors (Lipinski definition) is 0. The van der Waals surface area contributed by atoms with Gasteiger partial charge in [-0.1, -0.05) is 63.6 Å². The van der Waals surface area contributed by atoms with E-state index in [4.69, 9.17) is 21.1 Å². The van der Waals surface area contributed by atoms with Gasteiger partial charge in [-0.3, -0.25) is 14.5 Å². The Hall–Kier alpha value is -2.60. The number of nitrogens with zero attached hydrogens (tertiary/aromatic N) is 3. The lowest BCUT2D eigenvalue weighted by molar-refractivity contribution is -0.151. The van der Waals surface area contributed by atoms with Crippen LogP contribution in [-0.4, -0.2) is 35.8 Å². The van der Waals surface area contributed by atoms with Crippen LogP contribution in [0.1, 0.15) is 56.6 Å². The first-order valence-corrected chi connectivity index (χ1v) is 10.2. The molecule has 0 radical (unpaired) electrons. The van der Waals surface area contributed by atoms with Crippen LogP contribution >= 0.6 is 11.6 Å². The van der Waals surface area contributed by atoms with Crippen molar-refractivity contribution in [1.82, 2.24) is 9.78 Å². The van der Waals surface area contributed by atoms with Crippen molar-refractivity contribution in [3.8, 4) is 0 Å². The average molecular weight is 432 g/mol. The molecule has 0 fully saturated rings. The molecule has 0 unspecified atom stereocenters. The van der Waals surface area contributed by atoms with Gasteiger partial charge in [0.2, 0.25) is 6.79 Å². The number of halogens is 1. The Labute approximate surface area is 183 Å². The molecule has 0 saturated heterocycles. The van der Waals surface area contributed by atoms with E-state index >= 15 is 0 Å². The van der Waals surface area contributed by atoms with Gasteiger partial charge in [0.1, 0.15) is 5.69 Å². The van der Waals surface area contributed by atoms with Gasteiger partial charge in [0.25, 0.3) is 0 Å². The Morgan fingerprint density at radius 2 is 1.87 bits per heavy atom. The quantitative estimate of drug-likeness (QED) is 0.262. The fourth-order valence-electron chi connectivity index (χ4n) is 2.95. The van der Waals surface area contributed by atoms with Gasteiger partial charge >= 0.3 is 5.97 Å². The molecule has 0 atom stereocenters. The molecule has 0 aliphatic rings. The van der Waals surface area contributed by atoms with E-state index in [-0.39, 0.29) is 24.6 Å². The number of aliphatic imine (C=N–C) groups is 1. The van der Waals surface area contributed by atoms with Crippen molar-refractivity contribution in [2.75, 3.05) is 13.8 Å². The number of allylic oxidation sites excluding steroid dienone is 1. The highest BCUT2D eigenvalue weighted by molar-refractivity contribution is 6.33. The SMILES string of the molecule is CCC(=O)OCO/C(=C(/C=N\C)c1ccc(C(C)(C)C)cc1)c1c(Cl)c(C)nn1C. The van der Waals surface area contributed by atoms with Crippen LogP contribution in [0, 0.1) is 6.92 Å². The summed E-state index contributed by atoms with van der Waals surface area (Å²) in [6, 6.07) is 8.22. The summed E-state index contributed by atoms with van der Waals surface area (Å²) in [7, 11) is 3.48. The third kappa shape index (κ3) is 5.51. The van der Waals surface area contributed by atoms with E-state index in [1.807, 2.05) is 19.1 Å². The van der Waals surface area contributed by atoms with Crippen LogP contribution in [0.4, 0.5) is 0 Å². The van der Waals surface area contributed by atoms with Crippen molar-refractivity contribution in [2.45, 2.75) is 46.5 Å². The molecule has 2 aromatic rings. The summed E-state index contributed by atoms with van der Waals surface area (Å²) in [4.78, 5) is 15.8. The molecule has 1 aromatic heterocycles. The molecule has 7 heteroatoms. The molecule has 0 saturated carbocycles. The number of hydrogen-bond acceptors (Lipinski definition) is 5. The van der Waals surface area contributed by atoms with E-state index in [2.05, 4.69) is 43.0 Å². The number of benzene rings is 1. The maximum atomic E-state index is 11.6. The van der Waals surface area contributed by atoms with Crippen molar-refractivity contribution in [2.24, 2.45) is 12.0 Å². The highest BCUT2D eigenvalue weighted by Gasteiger charge is 2.22. The maximum Gasteiger partial charge on any atom is 0.308 e. The van der Waals surface area contributed by atoms with Gasteiger partial charge in [-0.25, -0.2) is 0 Å². The van der Waals surface area contributed by atoms with Gasteiger partial charge in [-0.2, -0.15) is 5.10 Å². The van der Waals surface area contributed by atoms with Crippen LogP contribution < -0.4 is 0 Å². The summed E-state index contributed by atoms with van der Waals surface area (Å²) in [5, 5.41) is 4.87. The summed E-state index contributed by atoms with van der Waals surface area (Å²) < 4.78 is 12.7. The average Bonchev–Trinajstić information content (AvgIpc) is 2.95. The minimum Gasteiger partial charge on any atom is -0.454 e. The molecule has 1 aromatic carbocycles. The van der Waals surface area contributed by atoms with E-state index in [0.29, 0.717) is 22.2 Å². The molecule has 6 nitrogen and oxygen atoms in total. The van der Waals surface area contributed by atoms with E-state index < -0.39 is 0 Å². The third-order valence-corrected chi connectivity index (χ3v) is 5.09. The van der Waals surface area contributed by atoms with Gasteiger partial charge in [-0.15, -0.1) is 0 Å². The van der Waals surface area contributed by atoms with E-state index in [9.17, 15) is 4.79 Å². The Morgan fingerprint density at radius 3 is 2.33 bits per heavy atom. The van der Waals surface area contributed by atoms with Crippen LogP contribution in [0.25, 0.3) is 11.3 Å². The van der Waals surface area contributed by atoms with Crippen molar-refractivity contribution < 1.29 is 14.3 Å². The van der Waals surface area contributed by atoms with Crippen LogP contribution in [0.5, 0.6) is 0 Å². The summed E-state index contributed by atoms with van der Waals surface area (Å²) >= 11 is 6.54. The number of aromatic nitrogens is 2. The zero-order chi connectivity index (χ0) is 22.5. The molecule has 0 spiro atoms. The number of rotatable bonds is 7. The first kappa shape index (κ1) is 23.7. The molecule has 1 heterocycles. The van der Waals surface area contributed by atoms with Gasteiger partial charge in [0, 0.05) is 32.3 Å². The lowest BCUT2D eigenvalue weighted by Gasteiger charge is -2.20. The Kier molecular flexibility index (Phi) is 7.84. The van der Waals surface area contributed by atoms with E-state index in [1.54, 1.807) is 31.9 Å². The van der Waals surface area contributed by atoms with Gasteiger partial charge in [0.05, 0.1) is 10.7 Å². The lowest BCUT2D eigenvalue weighted by atomic mass is 9.86. The first-order chi connectivity index (χ1) is 14.1. The van der Waals surface area contributed by atoms with E-state index in [1.165, 1.54) is 5.56 Å². The summed E-state index contributed by atoms with van der Waals surface area (Å²) in [6.07, 6.45) is 1.98. The molecule has 162 valence electrons. The monoisotopic (exact) mass is 431 g/mol. The first-order valence-electron chi connectivity index (χ1n) is 9.85. The highest BCUT2D eigenvalue weighted by atomic mass is 35.5. The zero-order valence-corrected chi connectivity index (χ0v) is 19.5. The van der Waals surface area contributed by atoms with Gasteiger partial charge in [-0.05, 0) is 23.5 Å². The second kappa shape index (κ2) is 9.94. The zero-order valence-electron chi connectivity index (χ0n) is 18.7. The molecule has 0 N–H and O–H groups in total. The van der Waals surface area contributed by atoms with E-state index in [0.717, 1.165) is 11.1 Å². The number of ether oxygens (including phenoxy) is 2. The predicted molar refractivity (Wildman–Crippen MR) is 122 cm³/mol. The Bertz CT molecular complexity index is 951. The standard InChI is InChI=1S/C23H30ClN3O3/c1-8-19(28)29-14-30-22(21-20(24)15(2)26-27(21)7)18(13-25-6)16-9-11-17(12-10-16)23(3,4)5/h9-13H,8,14H2,1-7H3/b22-18-,25-13-. The predicted octanol–water partition coefficient (Wildman–Crippen LogP) is 5.18. The molecule has 30 heavy (non-hydrogen) atoms. The summed E-state index contributed by atoms with van der Waals surface area (Å²) in [5.74, 6) is 0.1000. The fourth-order valence-corrected chi connectivity index (χ4v) is 3.20. The molecular weight excluding hydrogens is 402 g/mol. The van der Waals surface area contributed by atoms with Crippen LogP contribution in [-0.2, 0) is 26.7 Å². The van der Waals surface area contributed by atoms with Gasteiger partial charge < -0.3 is 9.47 Å². The molecule has 0 aliphatic heterocycles. The molecule has 0 aliphatic carbocycles. The van der Waals surface area contributed by atoms with Gasteiger partial charge in [0.15, 0.2) is 5.76 Å². The smallest absolute Gasteiger partial charge is 0.308 e. The van der Waals surface area contributed by atoms with Crippen LogP contribution in [0.3, 0.4) is 0 Å². The van der Waals surface area contributed by atoms with Crippen LogP contribution in [0.15, 0.2) is 29.3 Å². The second-order valence-corrected chi connectivity index (χ2v) is 8.34. The molecule has 0 amide bonds. The Morgan fingerprint density at radius 1 is 1.23 bits per heavy atom. The minimum absolute atomic E-state index is 0.0391. The number of aryl methyl sites for hydroxylation is 2. The van der Waals surface area contributed by atoms with Crippen molar-refractivity contribution in [1.29, 1.82) is 0 Å². The maximum absolute atomic E-state index is 11.6. The molecule has 0 bridgehead atoms. The summed E-state index contributed by atoms with van der Waals surface area (Å²) in [6.45, 7) is 9.82. The van der Waals surface area contributed by atoms with Crippen LogP contribution in [0.2, 0.25) is 5.02 Å². The van der Waals surface area contributed by atoms with Crippen molar-refractivity contribution in [3.63, 3.8) is 0 Å². The third-order valence-electron chi connectivity index (χ3n) is 4.64. The minimum atomic E-state index is -0.345. The largest absolute Gasteiger partial charge is 0.454 e. The molecular formula is C23H30ClN3O3. The number of carbonyl (C=O) groups is 1. The Balaban J connectivity index is 2.63. The lowest BCUT2D eigenvalue weighted by Crippen LogP contribution is -2.12. The van der Waals surface area contributed by atoms with Crippen molar-refractivity contribution in [3.05, 3.63) is 51.8 Å². The van der Waals surface area contributed by atoms with Crippen molar-refractivity contribution >= 4 is 35.1 Å². The fraction of sp³-hybridized carbons (Fsp3) is 0.435. The highest BCUT2D eigenvalue weighted by Crippen LogP contribution is 2.33. The number of esters is 1. The second-order valence-electron chi connectivity index (χ2n) is 7.96. The number of carbonyl (C=O) groups excluding carboxylic acids is 1. The summed E-state index contributed by atoms with van der Waals surface area (Å²) in [5.41, 5.74) is 4.15. The normalized spacial score (nSPS) is 12.8. The molecule has 2 rings (SSSR count). The topological polar surface area (TPSA) is 65.7 Å².